The molecule has 1 aromatic rings. The van der Waals surface area contributed by atoms with E-state index in [2.05, 4.69) is 10.5 Å². The Hall–Kier alpha value is -1.76. The summed E-state index contributed by atoms with van der Waals surface area (Å²) in [4.78, 5) is 11.3. The number of nitrogens with two attached hydrogens (primary N) is 2. The molecule has 1 heterocycles. The number of nitrogens with one attached hydrogen (secondary N) is 1. The van der Waals surface area contributed by atoms with E-state index < -0.39 is 0 Å². The number of aromatic nitrogens is 2. The number of hydrogen-bond acceptors (Lipinski definition) is 5. The van der Waals surface area contributed by atoms with E-state index in [9.17, 15) is 4.79 Å². The van der Waals surface area contributed by atoms with Gasteiger partial charge in [-0.15, -0.1) is 5.10 Å². The lowest BCUT2D eigenvalue weighted by atomic mass is 10.5. The Bertz CT molecular complexity index is 428. The number of hydrazine groups is 1. The van der Waals surface area contributed by atoms with Gasteiger partial charge < -0.3 is 11.3 Å². The first-order valence-corrected chi connectivity index (χ1v) is 3.59. The molecule has 0 aliphatic carbocycles. The Balaban J connectivity index is 3.69. The zero-order valence-corrected chi connectivity index (χ0v) is 7.48. The van der Waals surface area contributed by atoms with Crippen LogP contribution >= 0.6 is 0 Å². The normalized spacial score (nSPS) is 11.8. The number of nitrogens with zero attached hydrogens (tertiary/aromatic N) is 3. The van der Waals surface area contributed by atoms with Crippen molar-refractivity contribution < 1.29 is 0 Å². The van der Waals surface area contributed by atoms with Crippen molar-refractivity contribution in [3.8, 4) is 0 Å². The SMILES string of the molecule is Cn1c(NN)cc(=O)n(C)c1=NN. The van der Waals surface area contributed by atoms with Gasteiger partial charge in [-0.05, 0) is 0 Å². The Kier molecular flexibility index (Phi) is 2.38. The fourth-order valence-corrected chi connectivity index (χ4v) is 1.05. The average molecular weight is 184 g/mol. The van der Waals surface area contributed by atoms with Crippen LogP contribution in [0.3, 0.4) is 0 Å². The van der Waals surface area contributed by atoms with Gasteiger partial charge in [0.15, 0.2) is 0 Å². The van der Waals surface area contributed by atoms with Gasteiger partial charge in [-0.3, -0.25) is 13.9 Å². The fraction of sp³-hybridized carbons (Fsp3) is 0.333. The quantitative estimate of drug-likeness (QED) is 0.340. The molecule has 0 amide bonds. The summed E-state index contributed by atoms with van der Waals surface area (Å²) in [7, 11) is 3.27. The molecule has 0 aliphatic rings. The molecule has 5 N–H and O–H groups in total. The van der Waals surface area contributed by atoms with Crippen LogP contribution in [0.2, 0.25) is 0 Å². The first-order valence-electron chi connectivity index (χ1n) is 3.59. The molecule has 0 bridgehead atoms. The monoisotopic (exact) mass is 184 g/mol. The first kappa shape index (κ1) is 9.33. The van der Waals surface area contributed by atoms with E-state index in [1.807, 2.05) is 0 Å². The van der Waals surface area contributed by atoms with E-state index in [1.165, 1.54) is 10.6 Å². The lowest BCUT2D eigenvalue weighted by Gasteiger charge is -2.09. The summed E-state index contributed by atoms with van der Waals surface area (Å²) in [5.74, 6) is 10.8. The van der Waals surface area contributed by atoms with Crippen LogP contribution in [-0.2, 0) is 14.1 Å². The predicted molar refractivity (Wildman–Crippen MR) is 48.2 cm³/mol. The molecular weight excluding hydrogens is 172 g/mol. The summed E-state index contributed by atoms with van der Waals surface area (Å²) in [6.45, 7) is 0. The van der Waals surface area contributed by atoms with E-state index in [1.54, 1.807) is 18.7 Å². The summed E-state index contributed by atoms with van der Waals surface area (Å²) in [5, 5.41) is 3.47. The third-order valence-electron chi connectivity index (χ3n) is 1.82. The minimum absolute atomic E-state index is 0.227. The average Bonchev–Trinajstić information content (AvgIpc) is 2.12. The van der Waals surface area contributed by atoms with Gasteiger partial charge in [-0.1, -0.05) is 0 Å². The van der Waals surface area contributed by atoms with Crippen molar-refractivity contribution in [1.82, 2.24) is 9.13 Å². The van der Waals surface area contributed by atoms with Gasteiger partial charge in [-0.2, -0.15) is 0 Å². The van der Waals surface area contributed by atoms with Crippen molar-refractivity contribution in [3.05, 3.63) is 22.0 Å². The van der Waals surface area contributed by atoms with Crippen molar-refractivity contribution in [1.29, 1.82) is 0 Å². The highest BCUT2D eigenvalue weighted by Gasteiger charge is 2.01. The van der Waals surface area contributed by atoms with Crippen LogP contribution in [0.15, 0.2) is 16.0 Å². The molecule has 0 radical (unpaired) electrons. The summed E-state index contributed by atoms with van der Waals surface area (Å²) < 4.78 is 2.89. The largest absolute Gasteiger partial charge is 0.320 e. The Morgan fingerprint density at radius 1 is 1.46 bits per heavy atom. The third-order valence-corrected chi connectivity index (χ3v) is 1.82. The lowest BCUT2D eigenvalue weighted by molar-refractivity contribution is 0.654. The molecule has 72 valence electrons. The summed E-state index contributed by atoms with van der Waals surface area (Å²) in [5.41, 5.74) is 2.48. The van der Waals surface area contributed by atoms with Crippen molar-refractivity contribution in [2.45, 2.75) is 0 Å². The van der Waals surface area contributed by atoms with Gasteiger partial charge in [0.05, 0.1) is 0 Å². The molecule has 0 saturated carbocycles. The van der Waals surface area contributed by atoms with Crippen molar-refractivity contribution in [2.24, 2.45) is 30.9 Å². The van der Waals surface area contributed by atoms with Crippen LogP contribution in [-0.4, -0.2) is 9.13 Å². The molecular formula is C6H12N6O. The second-order valence-electron chi connectivity index (χ2n) is 2.56. The van der Waals surface area contributed by atoms with Gasteiger partial charge in [0.25, 0.3) is 5.56 Å². The number of rotatable bonds is 1. The summed E-state index contributed by atoms with van der Waals surface area (Å²) in [6, 6.07) is 1.36. The molecule has 7 heteroatoms. The van der Waals surface area contributed by atoms with Crippen LogP contribution in [0.1, 0.15) is 0 Å². The second-order valence-corrected chi connectivity index (χ2v) is 2.56. The minimum atomic E-state index is -0.227. The highest BCUT2D eigenvalue weighted by Crippen LogP contribution is 1.93. The maximum atomic E-state index is 11.3. The van der Waals surface area contributed by atoms with E-state index in [0.717, 1.165) is 0 Å². The van der Waals surface area contributed by atoms with Gasteiger partial charge >= 0.3 is 0 Å². The molecule has 13 heavy (non-hydrogen) atoms. The van der Waals surface area contributed by atoms with E-state index in [0.29, 0.717) is 11.4 Å². The number of anilines is 1. The fourth-order valence-electron chi connectivity index (χ4n) is 1.05. The molecule has 1 rings (SSSR count). The Morgan fingerprint density at radius 3 is 2.54 bits per heavy atom. The number of hydrogen-bond donors (Lipinski definition) is 3. The van der Waals surface area contributed by atoms with E-state index in [-0.39, 0.29) is 5.56 Å². The van der Waals surface area contributed by atoms with Crippen molar-refractivity contribution >= 4 is 5.82 Å². The molecule has 0 spiro atoms. The van der Waals surface area contributed by atoms with Gasteiger partial charge in [0.1, 0.15) is 5.82 Å². The van der Waals surface area contributed by atoms with Gasteiger partial charge in [0, 0.05) is 20.2 Å². The van der Waals surface area contributed by atoms with E-state index >= 15 is 0 Å². The third kappa shape index (κ3) is 1.41. The minimum Gasteiger partial charge on any atom is -0.320 e. The highest BCUT2D eigenvalue weighted by atomic mass is 16.1. The van der Waals surface area contributed by atoms with Crippen LogP contribution in [0.25, 0.3) is 0 Å². The van der Waals surface area contributed by atoms with Crippen LogP contribution in [0, 0.1) is 0 Å². The molecule has 0 unspecified atom stereocenters. The molecule has 0 atom stereocenters. The molecule has 0 aliphatic heterocycles. The van der Waals surface area contributed by atoms with Gasteiger partial charge in [-0.25, -0.2) is 5.84 Å². The Labute approximate surface area is 74.2 Å². The maximum Gasteiger partial charge on any atom is 0.256 e. The molecule has 0 fully saturated rings. The van der Waals surface area contributed by atoms with Crippen LogP contribution in [0.5, 0.6) is 0 Å². The molecule has 0 aromatic carbocycles. The summed E-state index contributed by atoms with van der Waals surface area (Å²) in [6.07, 6.45) is 0. The van der Waals surface area contributed by atoms with Crippen molar-refractivity contribution in [2.75, 3.05) is 5.43 Å². The lowest BCUT2D eigenvalue weighted by Crippen LogP contribution is -2.40. The topological polar surface area (TPSA) is 103 Å². The zero-order valence-electron chi connectivity index (χ0n) is 7.48. The maximum absolute atomic E-state index is 11.3. The van der Waals surface area contributed by atoms with Crippen molar-refractivity contribution in [3.63, 3.8) is 0 Å². The zero-order chi connectivity index (χ0) is 10.0. The predicted octanol–water partition coefficient (Wildman–Crippen LogP) is -2.22. The molecule has 7 nitrogen and oxygen atoms in total. The second kappa shape index (κ2) is 3.31. The van der Waals surface area contributed by atoms with Crippen LogP contribution < -0.4 is 28.3 Å². The Morgan fingerprint density at radius 2 is 2.08 bits per heavy atom. The van der Waals surface area contributed by atoms with Gasteiger partial charge in [0.2, 0.25) is 5.62 Å². The molecule has 0 saturated heterocycles. The molecule has 1 aromatic heterocycles. The van der Waals surface area contributed by atoms with E-state index in [4.69, 9.17) is 11.7 Å². The summed E-state index contributed by atoms with van der Waals surface area (Å²) >= 11 is 0. The highest BCUT2D eigenvalue weighted by molar-refractivity contribution is 5.31. The standard InChI is InChI=1S/C6H12N6O/c1-11-4(9-7)3-5(13)12(2)6(11)10-8/h3,9H,7-8H2,1-2H3. The first-order chi connectivity index (χ1) is 6.11. The number of nitrogen functional groups attached to an aromatic ring is 1. The smallest absolute Gasteiger partial charge is 0.256 e. The van der Waals surface area contributed by atoms with Crippen LogP contribution in [0.4, 0.5) is 5.82 Å².